The summed E-state index contributed by atoms with van der Waals surface area (Å²) in [6, 6.07) is 15.0. The molecule has 0 radical (unpaired) electrons. The number of hydrogen-bond donors (Lipinski definition) is 2. The van der Waals surface area contributed by atoms with Crippen LogP contribution in [0.15, 0.2) is 58.4 Å². The van der Waals surface area contributed by atoms with Crippen molar-refractivity contribution in [3.05, 3.63) is 65.5 Å². The van der Waals surface area contributed by atoms with Crippen molar-refractivity contribution >= 4 is 23.6 Å². The zero-order chi connectivity index (χ0) is 21.9. The smallest absolute Gasteiger partial charge is 0.222 e. The lowest BCUT2D eigenvalue weighted by Crippen LogP contribution is -2.37. The molecule has 2 aromatic rings. The van der Waals surface area contributed by atoms with Gasteiger partial charge in [0.2, 0.25) is 5.91 Å². The molecule has 31 heavy (non-hydrogen) atoms. The van der Waals surface area contributed by atoms with Crippen LogP contribution in [-0.4, -0.2) is 42.2 Å². The van der Waals surface area contributed by atoms with Crippen LogP contribution >= 0.6 is 11.8 Å². The number of benzene rings is 2. The van der Waals surface area contributed by atoms with Crippen LogP contribution in [0.5, 0.6) is 0 Å². The third-order valence-electron chi connectivity index (χ3n) is 5.03. The highest BCUT2D eigenvalue weighted by atomic mass is 32.2. The summed E-state index contributed by atoms with van der Waals surface area (Å²) in [7, 11) is 0. The lowest BCUT2D eigenvalue weighted by molar-refractivity contribution is -0.128. The van der Waals surface area contributed by atoms with Crippen LogP contribution in [0, 0.1) is 5.82 Å². The van der Waals surface area contributed by atoms with Crippen LogP contribution in [0.25, 0.3) is 0 Å². The number of guanidine groups is 1. The second-order valence-electron chi connectivity index (χ2n) is 7.51. The maximum absolute atomic E-state index is 12.9. The normalized spacial score (nSPS) is 14.2. The van der Waals surface area contributed by atoms with Crippen LogP contribution in [-0.2, 0) is 17.9 Å². The Kier molecular flexibility index (Phi) is 9.21. The summed E-state index contributed by atoms with van der Waals surface area (Å²) in [5.41, 5.74) is 2.30. The van der Waals surface area contributed by atoms with Gasteiger partial charge in [-0.2, -0.15) is 0 Å². The Morgan fingerprint density at radius 2 is 1.84 bits per heavy atom. The van der Waals surface area contributed by atoms with Gasteiger partial charge in [-0.05, 0) is 60.9 Å². The monoisotopic (exact) mass is 442 g/mol. The Bertz CT molecular complexity index is 855. The minimum absolute atomic E-state index is 0.200. The molecular weight excluding hydrogens is 411 g/mol. The topological polar surface area (TPSA) is 56.7 Å². The van der Waals surface area contributed by atoms with E-state index in [9.17, 15) is 9.18 Å². The minimum atomic E-state index is -0.200. The fourth-order valence-electron chi connectivity index (χ4n) is 3.35. The number of carbonyl (C=O) groups is 1. The Morgan fingerprint density at radius 3 is 2.52 bits per heavy atom. The molecule has 0 aliphatic carbocycles. The standard InChI is InChI=1S/C24H31FN4OS/c1-2-26-24(27-14-4-16-31-22-12-10-21(25)11-13-22)28-17-19-6-8-20(9-7-19)18-29-15-3-5-23(29)30/h6-13H,2-5,14-18H2,1H3,(H2,26,27,28). The summed E-state index contributed by atoms with van der Waals surface area (Å²) in [6.07, 6.45) is 2.63. The molecule has 1 amide bonds. The number of nitrogens with zero attached hydrogens (tertiary/aromatic N) is 2. The molecule has 1 saturated heterocycles. The summed E-state index contributed by atoms with van der Waals surface area (Å²) >= 11 is 1.73. The highest BCUT2D eigenvalue weighted by molar-refractivity contribution is 7.99. The third-order valence-corrected chi connectivity index (χ3v) is 6.13. The number of amides is 1. The third kappa shape index (κ3) is 7.90. The van der Waals surface area contributed by atoms with Crippen LogP contribution in [0.1, 0.15) is 37.3 Å². The summed E-state index contributed by atoms with van der Waals surface area (Å²) in [5, 5.41) is 6.65. The maximum atomic E-state index is 12.9. The number of carbonyl (C=O) groups excluding carboxylic acids is 1. The van der Waals surface area contributed by atoms with Crippen molar-refractivity contribution in [2.75, 3.05) is 25.4 Å². The van der Waals surface area contributed by atoms with E-state index in [1.165, 1.54) is 12.1 Å². The van der Waals surface area contributed by atoms with Gasteiger partial charge in [0.15, 0.2) is 5.96 Å². The number of nitrogens with one attached hydrogen (secondary N) is 2. The first-order chi connectivity index (χ1) is 15.1. The van der Waals surface area contributed by atoms with E-state index in [0.717, 1.165) is 60.2 Å². The number of hydrogen-bond acceptors (Lipinski definition) is 3. The predicted molar refractivity (Wildman–Crippen MR) is 126 cm³/mol. The molecule has 3 rings (SSSR count). The molecule has 166 valence electrons. The zero-order valence-corrected chi connectivity index (χ0v) is 18.9. The van der Waals surface area contributed by atoms with Crippen molar-refractivity contribution in [1.82, 2.24) is 15.5 Å². The largest absolute Gasteiger partial charge is 0.357 e. The van der Waals surface area contributed by atoms with Gasteiger partial charge in [0.1, 0.15) is 5.82 Å². The highest BCUT2D eigenvalue weighted by Gasteiger charge is 2.19. The molecular formula is C24H31FN4OS. The number of aliphatic imine (C=N–C) groups is 1. The minimum Gasteiger partial charge on any atom is -0.357 e. The Morgan fingerprint density at radius 1 is 1.10 bits per heavy atom. The van der Waals surface area contributed by atoms with Crippen molar-refractivity contribution < 1.29 is 9.18 Å². The molecule has 2 N–H and O–H groups in total. The molecule has 0 unspecified atom stereocenters. The summed E-state index contributed by atoms with van der Waals surface area (Å²) in [4.78, 5) is 19.5. The van der Waals surface area contributed by atoms with E-state index in [1.54, 1.807) is 11.8 Å². The van der Waals surface area contributed by atoms with Crippen molar-refractivity contribution in [3.8, 4) is 0 Å². The van der Waals surface area contributed by atoms with Gasteiger partial charge in [-0.3, -0.25) is 4.79 Å². The zero-order valence-electron chi connectivity index (χ0n) is 18.1. The number of halogens is 1. The van der Waals surface area contributed by atoms with Gasteiger partial charge >= 0.3 is 0 Å². The Labute approximate surface area is 188 Å². The molecule has 1 aliphatic rings. The van der Waals surface area contributed by atoms with Crippen LogP contribution in [0.3, 0.4) is 0 Å². The molecule has 2 aromatic carbocycles. The lowest BCUT2D eigenvalue weighted by Gasteiger charge is -2.15. The first-order valence-electron chi connectivity index (χ1n) is 10.9. The highest BCUT2D eigenvalue weighted by Crippen LogP contribution is 2.18. The Hall–Kier alpha value is -2.54. The fourth-order valence-corrected chi connectivity index (χ4v) is 4.21. The first kappa shape index (κ1) is 23.1. The first-order valence-corrected chi connectivity index (χ1v) is 11.9. The Balaban J connectivity index is 1.41. The molecule has 0 bridgehead atoms. The maximum Gasteiger partial charge on any atom is 0.222 e. The van der Waals surface area contributed by atoms with Crippen LogP contribution in [0.2, 0.25) is 0 Å². The molecule has 0 aromatic heterocycles. The van der Waals surface area contributed by atoms with E-state index in [-0.39, 0.29) is 11.7 Å². The van der Waals surface area contributed by atoms with Crippen molar-refractivity contribution in [3.63, 3.8) is 0 Å². The number of rotatable bonds is 10. The molecule has 0 spiro atoms. The van der Waals surface area contributed by atoms with Gasteiger partial charge in [0.25, 0.3) is 0 Å². The average molecular weight is 443 g/mol. The summed E-state index contributed by atoms with van der Waals surface area (Å²) < 4.78 is 12.9. The SMILES string of the molecule is CCNC(=NCc1ccc(CN2CCCC2=O)cc1)NCCCSc1ccc(F)cc1. The summed E-state index contributed by atoms with van der Waals surface area (Å²) in [5.74, 6) is 1.82. The van der Waals surface area contributed by atoms with Crippen molar-refractivity contribution in [1.29, 1.82) is 0 Å². The van der Waals surface area contributed by atoms with Gasteiger partial charge < -0.3 is 15.5 Å². The molecule has 0 saturated carbocycles. The summed E-state index contributed by atoms with van der Waals surface area (Å²) in [6.45, 7) is 5.84. The molecule has 1 fully saturated rings. The average Bonchev–Trinajstić information content (AvgIpc) is 3.18. The number of thioether (sulfide) groups is 1. The fraction of sp³-hybridized carbons (Fsp3) is 0.417. The second-order valence-corrected chi connectivity index (χ2v) is 8.68. The van der Waals surface area contributed by atoms with Gasteiger partial charge in [-0.15, -0.1) is 11.8 Å². The van der Waals surface area contributed by atoms with E-state index in [1.807, 2.05) is 17.0 Å². The molecule has 1 aliphatic heterocycles. The molecule has 1 heterocycles. The van der Waals surface area contributed by atoms with E-state index in [2.05, 4.69) is 46.8 Å². The van der Waals surface area contributed by atoms with E-state index in [0.29, 0.717) is 19.5 Å². The van der Waals surface area contributed by atoms with Crippen molar-refractivity contribution in [2.45, 2.75) is 44.2 Å². The van der Waals surface area contributed by atoms with Gasteiger partial charge in [0, 0.05) is 37.5 Å². The van der Waals surface area contributed by atoms with Crippen LogP contribution < -0.4 is 10.6 Å². The van der Waals surface area contributed by atoms with Gasteiger partial charge in [-0.25, -0.2) is 9.38 Å². The van der Waals surface area contributed by atoms with Crippen molar-refractivity contribution in [2.24, 2.45) is 4.99 Å². The molecule has 0 atom stereocenters. The lowest BCUT2D eigenvalue weighted by atomic mass is 10.1. The predicted octanol–water partition coefficient (Wildman–Crippen LogP) is 4.19. The van der Waals surface area contributed by atoms with Crippen LogP contribution in [0.4, 0.5) is 4.39 Å². The van der Waals surface area contributed by atoms with Gasteiger partial charge in [-0.1, -0.05) is 24.3 Å². The number of likely N-dealkylation sites (tertiary alicyclic amines) is 1. The molecule has 5 nitrogen and oxygen atoms in total. The van der Waals surface area contributed by atoms with E-state index < -0.39 is 0 Å². The van der Waals surface area contributed by atoms with Gasteiger partial charge in [0.05, 0.1) is 6.54 Å². The van der Waals surface area contributed by atoms with E-state index >= 15 is 0 Å². The molecule has 7 heteroatoms. The second kappa shape index (κ2) is 12.3. The van der Waals surface area contributed by atoms with E-state index in [4.69, 9.17) is 0 Å². The quantitative estimate of drug-likeness (QED) is 0.251.